The molecule has 1 heterocycles. The highest BCUT2D eigenvalue weighted by atomic mass is 32.1. The van der Waals surface area contributed by atoms with E-state index >= 15 is 0 Å². The van der Waals surface area contributed by atoms with Gasteiger partial charge in [0.25, 0.3) is 0 Å². The molecule has 21 heavy (non-hydrogen) atoms. The van der Waals surface area contributed by atoms with Gasteiger partial charge in [0.2, 0.25) is 11.8 Å². The molecule has 0 spiro atoms. The summed E-state index contributed by atoms with van der Waals surface area (Å²) in [6, 6.07) is 13.6. The fourth-order valence-electron chi connectivity index (χ4n) is 1.82. The van der Waals surface area contributed by atoms with Crippen LogP contribution in [0.1, 0.15) is 16.9 Å². The maximum absolute atomic E-state index is 11.6. The second-order valence-electron chi connectivity index (χ2n) is 4.62. The molecule has 5 heteroatoms. The average molecular weight is 302 g/mol. The highest BCUT2D eigenvalue weighted by Crippen LogP contribution is 2.10. The van der Waals surface area contributed by atoms with Crippen LogP contribution < -0.4 is 10.6 Å². The van der Waals surface area contributed by atoms with Gasteiger partial charge < -0.3 is 10.6 Å². The van der Waals surface area contributed by atoms with Crippen LogP contribution in [0.25, 0.3) is 0 Å². The molecule has 0 atom stereocenters. The van der Waals surface area contributed by atoms with Crippen LogP contribution in [0.5, 0.6) is 0 Å². The molecule has 0 unspecified atom stereocenters. The summed E-state index contributed by atoms with van der Waals surface area (Å²) in [6.07, 6.45) is 1.13. The summed E-state index contributed by atoms with van der Waals surface area (Å²) in [6.45, 7) is 0.501. The van der Waals surface area contributed by atoms with Crippen LogP contribution in [0.4, 0.5) is 0 Å². The smallest absolute Gasteiger partial charge is 0.239 e. The SMILES string of the molecule is O=C(CCc1cccs1)NCC(=O)NCc1ccccc1. The number of rotatable bonds is 7. The Balaban J connectivity index is 1.61. The van der Waals surface area contributed by atoms with Crippen molar-refractivity contribution in [3.63, 3.8) is 0 Å². The molecule has 0 bridgehead atoms. The van der Waals surface area contributed by atoms with Gasteiger partial charge >= 0.3 is 0 Å². The molecule has 110 valence electrons. The third-order valence-electron chi connectivity index (χ3n) is 2.96. The van der Waals surface area contributed by atoms with Crippen LogP contribution in [0.15, 0.2) is 47.8 Å². The molecule has 4 nitrogen and oxygen atoms in total. The highest BCUT2D eigenvalue weighted by Gasteiger charge is 2.06. The largest absolute Gasteiger partial charge is 0.350 e. The van der Waals surface area contributed by atoms with E-state index in [0.717, 1.165) is 12.0 Å². The van der Waals surface area contributed by atoms with Gasteiger partial charge in [0.1, 0.15) is 0 Å². The van der Waals surface area contributed by atoms with E-state index in [-0.39, 0.29) is 18.4 Å². The lowest BCUT2D eigenvalue weighted by Gasteiger charge is -2.07. The van der Waals surface area contributed by atoms with Gasteiger partial charge in [-0.05, 0) is 23.4 Å². The van der Waals surface area contributed by atoms with Crippen molar-refractivity contribution in [2.45, 2.75) is 19.4 Å². The van der Waals surface area contributed by atoms with Crippen molar-refractivity contribution < 1.29 is 9.59 Å². The zero-order valence-corrected chi connectivity index (χ0v) is 12.5. The molecule has 0 saturated heterocycles. The molecular formula is C16H18N2O2S. The van der Waals surface area contributed by atoms with E-state index in [1.807, 2.05) is 47.8 Å². The average Bonchev–Trinajstić information content (AvgIpc) is 3.03. The first-order valence-electron chi connectivity index (χ1n) is 6.84. The second kappa shape index (κ2) is 8.21. The van der Waals surface area contributed by atoms with Gasteiger partial charge in [-0.1, -0.05) is 36.4 Å². The van der Waals surface area contributed by atoms with Crippen molar-refractivity contribution >= 4 is 23.2 Å². The van der Waals surface area contributed by atoms with E-state index in [1.54, 1.807) is 11.3 Å². The lowest BCUT2D eigenvalue weighted by atomic mass is 10.2. The molecule has 0 aliphatic carbocycles. The molecule has 0 fully saturated rings. The molecule has 1 aromatic carbocycles. The van der Waals surface area contributed by atoms with Crippen molar-refractivity contribution in [2.75, 3.05) is 6.54 Å². The van der Waals surface area contributed by atoms with Gasteiger partial charge in [-0.2, -0.15) is 0 Å². The van der Waals surface area contributed by atoms with E-state index in [2.05, 4.69) is 10.6 Å². The van der Waals surface area contributed by atoms with Crippen molar-refractivity contribution in [1.82, 2.24) is 10.6 Å². The van der Waals surface area contributed by atoms with Crippen LogP contribution in [0.3, 0.4) is 0 Å². The maximum Gasteiger partial charge on any atom is 0.239 e. The first-order chi connectivity index (χ1) is 10.2. The summed E-state index contributed by atoms with van der Waals surface area (Å²) >= 11 is 1.64. The first-order valence-corrected chi connectivity index (χ1v) is 7.72. The fourth-order valence-corrected chi connectivity index (χ4v) is 2.53. The second-order valence-corrected chi connectivity index (χ2v) is 5.65. The zero-order chi connectivity index (χ0) is 14.9. The number of hydrogen-bond donors (Lipinski definition) is 2. The highest BCUT2D eigenvalue weighted by molar-refractivity contribution is 7.09. The van der Waals surface area contributed by atoms with Crippen molar-refractivity contribution in [1.29, 1.82) is 0 Å². The zero-order valence-electron chi connectivity index (χ0n) is 11.7. The number of amides is 2. The minimum atomic E-state index is -0.177. The monoisotopic (exact) mass is 302 g/mol. The van der Waals surface area contributed by atoms with Gasteiger partial charge in [-0.15, -0.1) is 11.3 Å². The van der Waals surface area contributed by atoms with E-state index in [1.165, 1.54) is 4.88 Å². The van der Waals surface area contributed by atoms with Crippen LogP contribution in [-0.4, -0.2) is 18.4 Å². The Morgan fingerprint density at radius 1 is 0.952 bits per heavy atom. The molecule has 0 radical (unpaired) electrons. The number of thiophene rings is 1. The molecule has 0 aliphatic heterocycles. The minimum absolute atomic E-state index is 0.0239. The van der Waals surface area contributed by atoms with E-state index in [4.69, 9.17) is 0 Å². The molecule has 1 aromatic heterocycles. The molecular weight excluding hydrogens is 284 g/mol. The lowest BCUT2D eigenvalue weighted by Crippen LogP contribution is -2.36. The van der Waals surface area contributed by atoms with Gasteiger partial charge in [0.15, 0.2) is 0 Å². The summed E-state index contributed by atoms with van der Waals surface area (Å²) in [5.74, 6) is -0.276. The first kappa shape index (κ1) is 15.3. The topological polar surface area (TPSA) is 58.2 Å². The summed E-state index contributed by atoms with van der Waals surface area (Å²) < 4.78 is 0. The van der Waals surface area contributed by atoms with Crippen molar-refractivity contribution in [2.24, 2.45) is 0 Å². The molecule has 2 amide bonds. The number of carbonyl (C=O) groups is 2. The predicted octanol–water partition coefficient (Wildman–Crippen LogP) is 2.11. The Bertz CT molecular complexity index is 567. The van der Waals surface area contributed by atoms with E-state index in [9.17, 15) is 9.59 Å². The van der Waals surface area contributed by atoms with Crippen LogP contribution >= 0.6 is 11.3 Å². The van der Waals surface area contributed by atoms with Crippen LogP contribution in [0.2, 0.25) is 0 Å². The number of aryl methyl sites for hydroxylation is 1. The standard InChI is InChI=1S/C16H18N2O2S/c19-15(9-8-14-7-4-10-21-14)18-12-16(20)17-11-13-5-2-1-3-6-13/h1-7,10H,8-9,11-12H2,(H,17,20)(H,18,19). The third-order valence-corrected chi connectivity index (χ3v) is 3.89. The Labute approximate surface area is 128 Å². The van der Waals surface area contributed by atoms with E-state index in [0.29, 0.717) is 13.0 Å². The predicted molar refractivity (Wildman–Crippen MR) is 83.9 cm³/mol. The van der Waals surface area contributed by atoms with Crippen molar-refractivity contribution in [3.05, 3.63) is 58.3 Å². The van der Waals surface area contributed by atoms with Gasteiger partial charge in [-0.3, -0.25) is 9.59 Å². The summed E-state index contributed by atoms with van der Waals surface area (Å²) in [7, 11) is 0. The Morgan fingerprint density at radius 3 is 2.48 bits per heavy atom. The number of hydrogen-bond acceptors (Lipinski definition) is 3. The quantitative estimate of drug-likeness (QED) is 0.823. The normalized spacial score (nSPS) is 10.1. The van der Waals surface area contributed by atoms with Gasteiger partial charge in [0, 0.05) is 17.8 Å². The van der Waals surface area contributed by atoms with Crippen LogP contribution in [0, 0.1) is 0 Å². The number of carbonyl (C=O) groups excluding carboxylic acids is 2. The van der Waals surface area contributed by atoms with Gasteiger partial charge in [-0.25, -0.2) is 0 Å². The van der Waals surface area contributed by atoms with E-state index < -0.39 is 0 Å². The fraction of sp³-hybridized carbons (Fsp3) is 0.250. The number of benzene rings is 1. The summed E-state index contributed by atoms with van der Waals surface area (Å²) in [5.41, 5.74) is 1.04. The Hall–Kier alpha value is -2.14. The van der Waals surface area contributed by atoms with Gasteiger partial charge in [0.05, 0.1) is 6.54 Å². The molecule has 2 N–H and O–H groups in total. The van der Waals surface area contributed by atoms with Crippen LogP contribution in [-0.2, 0) is 22.6 Å². The summed E-state index contributed by atoms with van der Waals surface area (Å²) in [5, 5.41) is 7.40. The summed E-state index contributed by atoms with van der Waals surface area (Å²) in [4.78, 5) is 24.4. The van der Waals surface area contributed by atoms with Crippen molar-refractivity contribution in [3.8, 4) is 0 Å². The number of nitrogens with one attached hydrogen (secondary N) is 2. The molecule has 2 rings (SSSR count). The molecule has 0 aliphatic rings. The minimum Gasteiger partial charge on any atom is -0.350 e. The maximum atomic E-state index is 11.6. The lowest BCUT2D eigenvalue weighted by molar-refractivity contribution is -0.126. The third kappa shape index (κ3) is 5.79. The Morgan fingerprint density at radius 2 is 1.76 bits per heavy atom. The molecule has 2 aromatic rings. The Kier molecular flexibility index (Phi) is 5.97. The molecule has 0 saturated carbocycles.